The third-order valence-electron chi connectivity index (χ3n) is 4.20. The summed E-state index contributed by atoms with van der Waals surface area (Å²) in [6.07, 6.45) is 8.24. The molecule has 128 valence electrons. The number of aliphatic imine (C=N–C) groups is 1. The zero-order valence-corrected chi connectivity index (χ0v) is 14.6. The van der Waals surface area contributed by atoms with Crippen LogP contribution in [-0.2, 0) is 6.54 Å². The van der Waals surface area contributed by atoms with E-state index >= 15 is 0 Å². The van der Waals surface area contributed by atoms with E-state index < -0.39 is 0 Å². The summed E-state index contributed by atoms with van der Waals surface area (Å²) in [5.74, 6) is 2.27. The van der Waals surface area contributed by atoms with Crippen molar-refractivity contribution in [1.82, 2.24) is 10.3 Å². The highest BCUT2D eigenvalue weighted by atomic mass is 15.2. The standard InChI is InChI=1S/C18H31N5/c1-15(2)9-10-20-18(19)22-14-16-7-8-17(21-13-16)23-11-5-3-4-6-12-23/h7-8,13,15H,3-6,9-12,14H2,1-2H3,(H3,19,20,22). The third-order valence-corrected chi connectivity index (χ3v) is 4.20. The molecule has 1 aromatic heterocycles. The number of anilines is 1. The summed E-state index contributed by atoms with van der Waals surface area (Å²) in [5, 5.41) is 3.15. The number of guanidine groups is 1. The first-order valence-electron chi connectivity index (χ1n) is 8.89. The van der Waals surface area contributed by atoms with Crippen LogP contribution in [0, 0.1) is 5.92 Å². The zero-order valence-electron chi connectivity index (χ0n) is 14.6. The van der Waals surface area contributed by atoms with Gasteiger partial charge in [-0.1, -0.05) is 32.8 Å². The van der Waals surface area contributed by atoms with E-state index in [4.69, 9.17) is 5.73 Å². The molecule has 0 saturated carbocycles. The summed E-state index contributed by atoms with van der Waals surface area (Å²) in [6.45, 7) is 8.10. The molecule has 1 aliphatic heterocycles. The van der Waals surface area contributed by atoms with E-state index in [1.165, 1.54) is 25.7 Å². The molecule has 0 aliphatic carbocycles. The fourth-order valence-electron chi connectivity index (χ4n) is 2.72. The molecular formula is C18H31N5. The molecule has 1 saturated heterocycles. The fraction of sp³-hybridized carbons (Fsp3) is 0.667. The summed E-state index contributed by atoms with van der Waals surface area (Å²) < 4.78 is 0. The van der Waals surface area contributed by atoms with Crippen LogP contribution in [0.1, 0.15) is 51.5 Å². The number of aromatic nitrogens is 1. The first kappa shape index (κ1) is 17.6. The van der Waals surface area contributed by atoms with E-state index in [0.29, 0.717) is 18.4 Å². The van der Waals surface area contributed by atoms with Gasteiger partial charge in [0.15, 0.2) is 5.96 Å². The van der Waals surface area contributed by atoms with Gasteiger partial charge in [-0.25, -0.2) is 9.98 Å². The number of hydrogen-bond donors (Lipinski definition) is 2. The van der Waals surface area contributed by atoms with E-state index in [9.17, 15) is 0 Å². The van der Waals surface area contributed by atoms with E-state index in [1.54, 1.807) is 0 Å². The molecule has 0 spiro atoms. The molecule has 2 rings (SSSR count). The Bertz CT molecular complexity index is 473. The lowest BCUT2D eigenvalue weighted by Gasteiger charge is -2.21. The Morgan fingerprint density at radius 3 is 2.61 bits per heavy atom. The van der Waals surface area contributed by atoms with Crippen LogP contribution in [0.5, 0.6) is 0 Å². The van der Waals surface area contributed by atoms with Gasteiger partial charge in [0.25, 0.3) is 0 Å². The number of nitrogens with two attached hydrogens (primary N) is 1. The first-order valence-corrected chi connectivity index (χ1v) is 8.89. The Morgan fingerprint density at radius 1 is 1.26 bits per heavy atom. The van der Waals surface area contributed by atoms with Gasteiger partial charge in [0, 0.05) is 25.8 Å². The lowest BCUT2D eigenvalue weighted by Crippen LogP contribution is -2.32. The van der Waals surface area contributed by atoms with Crippen LogP contribution in [0.3, 0.4) is 0 Å². The Balaban J connectivity index is 1.82. The lowest BCUT2D eigenvalue weighted by molar-refractivity contribution is 0.576. The molecule has 0 unspecified atom stereocenters. The van der Waals surface area contributed by atoms with Crippen LogP contribution in [-0.4, -0.2) is 30.6 Å². The molecule has 1 fully saturated rings. The molecule has 0 aromatic carbocycles. The molecule has 0 radical (unpaired) electrons. The van der Waals surface area contributed by atoms with Crippen LogP contribution in [0.25, 0.3) is 0 Å². The summed E-state index contributed by atoms with van der Waals surface area (Å²) in [7, 11) is 0. The minimum atomic E-state index is 0.516. The highest BCUT2D eigenvalue weighted by molar-refractivity contribution is 5.77. The minimum Gasteiger partial charge on any atom is -0.370 e. The number of nitrogens with one attached hydrogen (secondary N) is 1. The highest BCUT2D eigenvalue weighted by Crippen LogP contribution is 2.17. The predicted molar refractivity (Wildman–Crippen MR) is 97.7 cm³/mol. The maximum absolute atomic E-state index is 5.88. The van der Waals surface area contributed by atoms with E-state index in [2.05, 4.69) is 46.2 Å². The second-order valence-electron chi connectivity index (χ2n) is 6.74. The van der Waals surface area contributed by atoms with Crippen molar-refractivity contribution in [3.8, 4) is 0 Å². The SMILES string of the molecule is CC(C)CCNC(N)=NCc1ccc(N2CCCCCC2)nc1. The molecule has 5 nitrogen and oxygen atoms in total. The average molecular weight is 317 g/mol. The second kappa shape index (κ2) is 9.38. The molecule has 1 aliphatic rings. The molecule has 0 amide bonds. The molecule has 2 heterocycles. The van der Waals surface area contributed by atoms with Crippen molar-refractivity contribution >= 4 is 11.8 Å². The molecule has 5 heteroatoms. The van der Waals surface area contributed by atoms with Crippen LogP contribution in [0.15, 0.2) is 23.3 Å². The van der Waals surface area contributed by atoms with Gasteiger partial charge in [0.1, 0.15) is 5.82 Å². The summed E-state index contributed by atoms with van der Waals surface area (Å²) >= 11 is 0. The molecule has 0 bridgehead atoms. The van der Waals surface area contributed by atoms with Gasteiger partial charge < -0.3 is 16.0 Å². The van der Waals surface area contributed by atoms with Crippen molar-refractivity contribution < 1.29 is 0 Å². The van der Waals surface area contributed by atoms with Crippen LogP contribution < -0.4 is 16.0 Å². The monoisotopic (exact) mass is 317 g/mol. The maximum atomic E-state index is 5.88. The lowest BCUT2D eigenvalue weighted by atomic mass is 10.1. The summed E-state index contributed by atoms with van der Waals surface area (Å²) in [6, 6.07) is 4.22. The number of pyridine rings is 1. The van der Waals surface area contributed by atoms with Crippen LogP contribution in [0.2, 0.25) is 0 Å². The van der Waals surface area contributed by atoms with E-state index in [1.807, 2.05) is 6.20 Å². The largest absolute Gasteiger partial charge is 0.370 e. The molecular weight excluding hydrogens is 286 g/mol. The second-order valence-corrected chi connectivity index (χ2v) is 6.74. The van der Waals surface area contributed by atoms with Crippen molar-refractivity contribution in [1.29, 1.82) is 0 Å². The highest BCUT2D eigenvalue weighted by Gasteiger charge is 2.10. The Kier molecular flexibility index (Phi) is 7.17. The van der Waals surface area contributed by atoms with Gasteiger partial charge >= 0.3 is 0 Å². The zero-order chi connectivity index (χ0) is 16.5. The predicted octanol–water partition coefficient (Wildman–Crippen LogP) is 2.91. The van der Waals surface area contributed by atoms with Gasteiger partial charge in [-0.2, -0.15) is 0 Å². The molecule has 23 heavy (non-hydrogen) atoms. The molecule has 3 N–H and O–H groups in total. The van der Waals surface area contributed by atoms with Crippen molar-refractivity contribution in [2.75, 3.05) is 24.5 Å². The van der Waals surface area contributed by atoms with Crippen molar-refractivity contribution in [3.63, 3.8) is 0 Å². The Morgan fingerprint density at radius 2 is 2.00 bits per heavy atom. The van der Waals surface area contributed by atoms with Crippen molar-refractivity contribution in [2.45, 2.75) is 52.5 Å². The Labute approximate surface area is 140 Å². The normalized spacial score (nSPS) is 16.5. The number of nitrogens with zero attached hydrogens (tertiary/aromatic N) is 3. The van der Waals surface area contributed by atoms with Gasteiger partial charge in [0.2, 0.25) is 0 Å². The quantitative estimate of drug-likeness (QED) is 0.625. The van der Waals surface area contributed by atoms with Crippen molar-refractivity contribution in [3.05, 3.63) is 23.9 Å². The van der Waals surface area contributed by atoms with Gasteiger partial charge in [0.05, 0.1) is 6.54 Å². The smallest absolute Gasteiger partial charge is 0.188 e. The first-order chi connectivity index (χ1) is 11.1. The topological polar surface area (TPSA) is 66.5 Å². The molecule has 1 aromatic rings. The molecule has 0 atom stereocenters. The number of rotatable bonds is 6. The summed E-state index contributed by atoms with van der Waals surface area (Å²) in [4.78, 5) is 11.4. The fourth-order valence-corrected chi connectivity index (χ4v) is 2.72. The maximum Gasteiger partial charge on any atom is 0.188 e. The van der Waals surface area contributed by atoms with Crippen LogP contribution in [0.4, 0.5) is 5.82 Å². The van der Waals surface area contributed by atoms with Gasteiger partial charge in [-0.3, -0.25) is 0 Å². The van der Waals surface area contributed by atoms with E-state index in [-0.39, 0.29) is 0 Å². The summed E-state index contributed by atoms with van der Waals surface area (Å²) in [5.41, 5.74) is 6.98. The van der Waals surface area contributed by atoms with Gasteiger partial charge in [-0.15, -0.1) is 0 Å². The third kappa shape index (κ3) is 6.47. The Hall–Kier alpha value is -1.78. The van der Waals surface area contributed by atoms with Crippen molar-refractivity contribution in [2.24, 2.45) is 16.6 Å². The minimum absolute atomic E-state index is 0.516. The number of hydrogen-bond acceptors (Lipinski definition) is 3. The average Bonchev–Trinajstić information content (AvgIpc) is 2.82. The van der Waals surface area contributed by atoms with Gasteiger partial charge in [-0.05, 0) is 36.8 Å². The van der Waals surface area contributed by atoms with E-state index in [0.717, 1.165) is 37.4 Å². The van der Waals surface area contributed by atoms with Crippen LogP contribution >= 0.6 is 0 Å².